The molecule has 10 nitrogen and oxygen atoms in total. The van der Waals surface area contributed by atoms with Gasteiger partial charge in [0.05, 0.1) is 18.6 Å². The number of aliphatic hydroxyl groups excluding tert-OH is 1. The lowest BCUT2D eigenvalue weighted by molar-refractivity contribution is -0.123. The topological polar surface area (TPSA) is 151 Å². The Bertz CT molecular complexity index is 1400. The van der Waals surface area contributed by atoms with Crippen molar-refractivity contribution in [3.05, 3.63) is 102 Å². The zero-order chi connectivity index (χ0) is 32.8. The van der Waals surface area contributed by atoms with Crippen molar-refractivity contribution in [1.82, 2.24) is 14.9 Å². The van der Waals surface area contributed by atoms with Gasteiger partial charge in [0, 0.05) is 31.6 Å². The van der Waals surface area contributed by atoms with E-state index in [9.17, 15) is 23.1 Å². The normalized spacial score (nSPS) is 13.1. The SMILES string of the molecule is COC(=O)NC(C(=O)NCCCCC(CO)N(CC(C)C)S(=O)(=O)c1ccc(CN)cc1)C(c1ccccc1)c1ccccc1. The van der Waals surface area contributed by atoms with Crippen LogP contribution in [0.5, 0.6) is 0 Å². The van der Waals surface area contributed by atoms with Crippen molar-refractivity contribution in [1.29, 1.82) is 0 Å². The monoisotopic (exact) mass is 638 g/mol. The molecule has 0 fully saturated rings. The van der Waals surface area contributed by atoms with Gasteiger partial charge in [0.1, 0.15) is 6.04 Å². The number of unbranched alkanes of at least 4 members (excludes halogenated alkanes) is 1. The first kappa shape index (κ1) is 35.7. The maximum Gasteiger partial charge on any atom is 0.407 e. The molecule has 2 unspecified atom stereocenters. The molecule has 0 saturated carbocycles. The van der Waals surface area contributed by atoms with Gasteiger partial charge in [-0.05, 0) is 47.6 Å². The predicted octanol–water partition coefficient (Wildman–Crippen LogP) is 4.00. The van der Waals surface area contributed by atoms with Crippen molar-refractivity contribution in [2.75, 3.05) is 26.8 Å². The second kappa shape index (κ2) is 17.6. The number of rotatable bonds is 17. The zero-order valence-corrected chi connectivity index (χ0v) is 27.1. The Balaban J connectivity index is 1.70. The fourth-order valence-corrected chi connectivity index (χ4v) is 7.08. The summed E-state index contributed by atoms with van der Waals surface area (Å²) >= 11 is 0. The van der Waals surface area contributed by atoms with Crippen LogP contribution in [0.2, 0.25) is 0 Å². The van der Waals surface area contributed by atoms with Crippen molar-refractivity contribution < 1.29 is 27.9 Å². The Hall–Kier alpha value is -3.77. The van der Waals surface area contributed by atoms with E-state index in [1.54, 1.807) is 24.3 Å². The first-order valence-corrected chi connectivity index (χ1v) is 16.7. The average molecular weight is 639 g/mol. The average Bonchev–Trinajstić information content (AvgIpc) is 3.06. The second-order valence-corrected chi connectivity index (χ2v) is 13.2. The first-order chi connectivity index (χ1) is 21.6. The van der Waals surface area contributed by atoms with Gasteiger partial charge in [-0.1, -0.05) is 93.1 Å². The van der Waals surface area contributed by atoms with E-state index in [4.69, 9.17) is 10.5 Å². The van der Waals surface area contributed by atoms with Gasteiger partial charge in [0.2, 0.25) is 15.9 Å². The molecule has 45 heavy (non-hydrogen) atoms. The number of amides is 2. The number of alkyl carbamates (subject to hydrolysis) is 1. The van der Waals surface area contributed by atoms with Gasteiger partial charge in [-0.15, -0.1) is 0 Å². The van der Waals surface area contributed by atoms with E-state index >= 15 is 0 Å². The van der Waals surface area contributed by atoms with E-state index in [0.717, 1.165) is 16.7 Å². The molecule has 3 aromatic rings. The molecule has 2 atom stereocenters. The molecule has 0 aliphatic carbocycles. The molecule has 3 rings (SSSR count). The van der Waals surface area contributed by atoms with Crippen LogP contribution in [0, 0.1) is 5.92 Å². The lowest BCUT2D eigenvalue weighted by Crippen LogP contribution is -2.50. The van der Waals surface area contributed by atoms with Gasteiger partial charge in [-0.3, -0.25) is 4.79 Å². The number of sulfonamides is 1. The van der Waals surface area contributed by atoms with E-state index in [1.807, 2.05) is 74.5 Å². The maximum absolute atomic E-state index is 13.6. The number of nitrogens with zero attached hydrogens (tertiary/aromatic N) is 1. The van der Waals surface area contributed by atoms with Gasteiger partial charge in [-0.2, -0.15) is 4.31 Å². The summed E-state index contributed by atoms with van der Waals surface area (Å²) in [7, 11) is -2.62. The molecule has 0 aliphatic rings. The maximum atomic E-state index is 13.6. The Morgan fingerprint density at radius 1 is 0.911 bits per heavy atom. The highest BCUT2D eigenvalue weighted by Crippen LogP contribution is 2.29. The molecule has 11 heteroatoms. The van der Waals surface area contributed by atoms with Crippen LogP contribution >= 0.6 is 0 Å². The van der Waals surface area contributed by atoms with Gasteiger partial charge >= 0.3 is 6.09 Å². The molecule has 5 N–H and O–H groups in total. The number of hydrogen-bond acceptors (Lipinski definition) is 7. The van der Waals surface area contributed by atoms with Gasteiger partial charge in [0.15, 0.2) is 0 Å². The molecular weight excluding hydrogens is 592 g/mol. The van der Waals surface area contributed by atoms with E-state index in [1.165, 1.54) is 11.4 Å². The lowest BCUT2D eigenvalue weighted by Gasteiger charge is -2.31. The third-order valence-electron chi connectivity index (χ3n) is 7.58. The quantitative estimate of drug-likeness (QED) is 0.163. The number of ether oxygens (including phenoxy) is 1. The number of carbonyl (C=O) groups excluding carboxylic acids is 2. The molecule has 0 saturated heterocycles. The van der Waals surface area contributed by atoms with Crippen LogP contribution in [0.25, 0.3) is 0 Å². The van der Waals surface area contributed by atoms with Crippen LogP contribution in [0.3, 0.4) is 0 Å². The summed E-state index contributed by atoms with van der Waals surface area (Å²) in [5.41, 5.74) is 8.21. The Morgan fingerprint density at radius 2 is 1.49 bits per heavy atom. The van der Waals surface area contributed by atoms with Gasteiger partial charge in [0.25, 0.3) is 0 Å². The van der Waals surface area contributed by atoms with E-state index in [2.05, 4.69) is 10.6 Å². The van der Waals surface area contributed by atoms with Crippen LogP contribution in [0.15, 0.2) is 89.8 Å². The van der Waals surface area contributed by atoms with E-state index in [-0.39, 0.29) is 29.9 Å². The largest absolute Gasteiger partial charge is 0.453 e. The molecule has 0 aromatic heterocycles. The molecular formula is C34H46N4O6S. The Kier molecular flexibility index (Phi) is 14.0. The van der Waals surface area contributed by atoms with Crippen molar-refractivity contribution in [2.24, 2.45) is 11.7 Å². The Morgan fingerprint density at radius 3 is 1.98 bits per heavy atom. The Labute approximate surface area is 267 Å². The predicted molar refractivity (Wildman–Crippen MR) is 175 cm³/mol. The van der Waals surface area contributed by atoms with Crippen LogP contribution in [-0.4, -0.2) is 68.7 Å². The molecule has 0 spiro atoms. The van der Waals surface area contributed by atoms with Crippen molar-refractivity contribution in [3.63, 3.8) is 0 Å². The molecule has 0 bridgehead atoms. The minimum Gasteiger partial charge on any atom is -0.453 e. The van der Waals surface area contributed by atoms with Crippen molar-refractivity contribution >= 4 is 22.0 Å². The smallest absolute Gasteiger partial charge is 0.407 e. The minimum atomic E-state index is -3.87. The van der Waals surface area contributed by atoms with Crippen molar-refractivity contribution in [2.45, 2.75) is 62.6 Å². The van der Waals surface area contributed by atoms with E-state index in [0.29, 0.717) is 32.4 Å². The third kappa shape index (κ3) is 10.1. The summed E-state index contributed by atoms with van der Waals surface area (Å²) in [6.45, 7) is 4.39. The summed E-state index contributed by atoms with van der Waals surface area (Å²) < 4.78 is 33.5. The summed E-state index contributed by atoms with van der Waals surface area (Å²) in [4.78, 5) is 26.1. The fourth-order valence-electron chi connectivity index (χ4n) is 5.27. The standard InChI is InChI=1S/C34H46N4O6S/c1-25(2)23-38(45(42,43)30-19-17-26(22-35)18-20-30)29(24-39)16-10-11-21-36-33(40)32(37-34(41)44-3)31(27-12-6-4-7-13-27)28-14-8-5-9-15-28/h4-9,12-15,17-20,25,29,31-32,39H,10-11,16,21-24,35H2,1-3H3,(H,36,40)(H,37,41). The lowest BCUT2D eigenvalue weighted by atomic mass is 9.84. The van der Waals surface area contributed by atoms with E-state index < -0.39 is 34.1 Å². The minimum absolute atomic E-state index is 0.0397. The third-order valence-corrected chi connectivity index (χ3v) is 9.52. The molecule has 2 amide bonds. The summed E-state index contributed by atoms with van der Waals surface area (Å²) in [6, 6.07) is 23.9. The van der Waals surface area contributed by atoms with Crippen LogP contribution in [0.4, 0.5) is 4.79 Å². The summed E-state index contributed by atoms with van der Waals surface area (Å²) in [5, 5.41) is 15.9. The number of benzene rings is 3. The highest BCUT2D eigenvalue weighted by atomic mass is 32.2. The number of aliphatic hydroxyl groups is 1. The molecule has 0 radical (unpaired) electrons. The van der Waals surface area contributed by atoms with Crippen molar-refractivity contribution in [3.8, 4) is 0 Å². The molecule has 0 aliphatic heterocycles. The molecule has 244 valence electrons. The number of methoxy groups -OCH3 is 1. The number of nitrogens with one attached hydrogen (secondary N) is 2. The molecule has 0 heterocycles. The first-order valence-electron chi connectivity index (χ1n) is 15.3. The summed E-state index contributed by atoms with van der Waals surface area (Å²) in [6.07, 6.45) is 0.772. The van der Waals surface area contributed by atoms with Crippen LogP contribution in [-0.2, 0) is 26.1 Å². The number of nitrogens with two attached hydrogens (primary N) is 1. The van der Waals surface area contributed by atoms with Gasteiger partial charge < -0.3 is 26.2 Å². The molecule has 3 aromatic carbocycles. The van der Waals surface area contributed by atoms with Crippen LogP contribution in [0.1, 0.15) is 55.7 Å². The zero-order valence-electron chi connectivity index (χ0n) is 26.3. The summed E-state index contributed by atoms with van der Waals surface area (Å²) in [5.74, 6) is -0.807. The highest BCUT2D eigenvalue weighted by molar-refractivity contribution is 7.89. The highest BCUT2D eigenvalue weighted by Gasteiger charge is 2.33. The van der Waals surface area contributed by atoms with Gasteiger partial charge in [-0.25, -0.2) is 13.2 Å². The second-order valence-electron chi connectivity index (χ2n) is 11.4. The number of carbonyl (C=O) groups is 2. The number of hydrogen-bond donors (Lipinski definition) is 4. The fraction of sp³-hybridized carbons (Fsp3) is 0.412. The van der Waals surface area contributed by atoms with Crippen LogP contribution < -0.4 is 16.4 Å².